The van der Waals surface area contributed by atoms with Gasteiger partial charge in [0, 0.05) is 0 Å². The molecule has 0 rings (SSSR count). The van der Waals surface area contributed by atoms with Crippen molar-refractivity contribution < 1.29 is 0 Å². The van der Waals surface area contributed by atoms with Gasteiger partial charge in [0.05, 0.1) is 0 Å². The Morgan fingerprint density at radius 1 is 0.484 bits per heavy atom. The van der Waals surface area contributed by atoms with E-state index in [9.17, 15) is 0 Å². The van der Waals surface area contributed by atoms with Crippen molar-refractivity contribution >= 4 is 92.5 Å². The molecule has 0 aromatic heterocycles. The van der Waals surface area contributed by atoms with Gasteiger partial charge in [0.15, 0.2) is 0 Å². The van der Waals surface area contributed by atoms with Gasteiger partial charge in [-0.2, -0.15) is 0 Å². The van der Waals surface area contributed by atoms with Gasteiger partial charge in [0.2, 0.25) is 0 Å². The van der Waals surface area contributed by atoms with E-state index in [2.05, 4.69) is 56.2 Å². The summed E-state index contributed by atoms with van der Waals surface area (Å²) in [6.07, 6.45) is 6.74. The minimum absolute atomic E-state index is 1.04. The third kappa shape index (κ3) is 14.6. The molecule has 10 heteroatoms. The Morgan fingerprint density at radius 3 is 0.839 bits per heavy atom. The van der Waals surface area contributed by atoms with Gasteiger partial charge in [-0.15, -0.1) is 0 Å². The first kappa shape index (κ1) is 32.6. The summed E-state index contributed by atoms with van der Waals surface area (Å²) in [7, 11) is 5.87. The standard InChI is InChI=1S/3C7H15NS2.Bi/c3*1-3-5-8(6-4-2)7(9)10;/h3*3-6H2,1-2H3,(H,9,10);/q;;;+3/p-3. The minimum atomic E-state index is -2.30. The number of nitrogens with zero attached hydrogens (tertiary/aromatic N) is 3. The molecule has 0 aliphatic heterocycles. The molecule has 0 spiro atoms. The van der Waals surface area contributed by atoms with Gasteiger partial charge in [-0.1, -0.05) is 0 Å². The zero-order chi connectivity index (χ0) is 23.6. The van der Waals surface area contributed by atoms with Crippen LogP contribution < -0.4 is 0 Å². The molecular weight excluding hydrogens is 696 g/mol. The summed E-state index contributed by atoms with van der Waals surface area (Å²) in [4.78, 5) is 7.17. The van der Waals surface area contributed by atoms with Crippen molar-refractivity contribution in [2.45, 2.75) is 80.1 Å². The van der Waals surface area contributed by atoms with Crippen molar-refractivity contribution in [1.82, 2.24) is 14.7 Å². The average molecular weight is 738 g/mol. The van der Waals surface area contributed by atoms with Crippen LogP contribution in [0.25, 0.3) is 0 Å². The molecule has 0 heterocycles. The summed E-state index contributed by atoms with van der Waals surface area (Å²) in [6.45, 7) is 19.6. The van der Waals surface area contributed by atoms with Crippen LogP contribution in [0, 0.1) is 0 Å². The quantitative estimate of drug-likeness (QED) is 0.125. The molecule has 0 aromatic carbocycles. The second-order valence-corrected chi connectivity index (χ2v) is 34.7. The van der Waals surface area contributed by atoms with Crippen LogP contribution in [-0.4, -0.2) is 84.3 Å². The Bertz CT molecular complexity index is 434. The molecule has 0 aliphatic carbocycles. The first-order valence-corrected chi connectivity index (χ1v) is 27.9. The van der Waals surface area contributed by atoms with E-state index in [1.807, 2.05) is 25.6 Å². The summed E-state index contributed by atoms with van der Waals surface area (Å²) in [5, 5.41) is 0. The van der Waals surface area contributed by atoms with Crippen molar-refractivity contribution in [1.29, 1.82) is 0 Å². The van der Waals surface area contributed by atoms with E-state index in [-0.39, 0.29) is 0 Å². The second-order valence-electron chi connectivity index (χ2n) is 7.26. The van der Waals surface area contributed by atoms with E-state index in [1.54, 1.807) is 0 Å². The van der Waals surface area contributed by atoms with Gasteiger partial charge < -0.3 is 0 Å². The second kappa shape index (κ2) is 20.9. The third-order valence-corrected chi connectivity index (χ3v) is 35.0. The molecule has 0 N–H and O–H groups in total. The Labute approximate surface area is 224 Å². The molecule has 0 radical (unpaired) electrons. The van der Waals surface area contributed by atoms with E-state index in [0.717, 1.165) is 90.8 Å². The molecule has 0 aliphatic rings. The summed E-state index contributed by atoms with van der Waals surface area (Å²) in [6, 6.07) is 0. The van der Waals surface area contributed by atoms with Gasteiger partial charge in [-0.25, -0.2) is 0 Å². The molecule has 31 heavy (non-hydrogen) atoms. The van der Waals surface area contributed by atoms with Crippen molar-refractivity contribution in [3.63, 3.8) is 0 Å². The molecule has 0 aromatic rings. The van der Waals surface area contributed by atoms with Crippen molar-refractivity contribution in [2.24, 2.45) is 0 Å². The monoisotopic (exact) mass is 737 g/mol. The average Bonchev–Trinajstić information content (AvgIpc) is 2.73. The summed E-state index contributed by atoms with van der Waals surface area (Å²) in [5.74, 6) is 0. The Morgan fingerprint density at radius 2 is 0.677 bits per heavy atom. The van der Waals surface area contributed by atoms with Crippen LogP contribution in [0.4, 0.5) is 0 Å². The SMILES string of the molecule is CCCN(CCC)C(=S)[S][Bi]([S]C(=S)N(CCC)CCC)[S]C(=S)N(CCC)CCC. The fourth-order valence-corrected chi connectivity index (χ4v) is 42.1. The van der Waals surface area contributed by atoms with Crippen molar-refractivity contribution in [2.75, 3.05) is 39.3 Å². The van der Waals surface area contributed by atoms with Gasteiger partial charge in [-0.05, 0) is 0 Å². The maximum atomic E-state index is 5.92. The van der Waals surface area contributed by atoms with E-state index in [0.29, 0.717) is 0 Å². The first-order chi connectivity index (χ1) is 14.9. The molecule has 0 unspecified atom stereocenters. The molecule has 3 nitrogen and oxygen atoms in total. The van der Waals surface area contributed by atoms with Crippen molar-refractivity contribution in [3.05, 3.63) is 0 Å². The predicted molar refractivity (Wildman–Crippen MR) is 163 cm³/mol. The molecule has 0 amide bonds. The van der Waals surface area contributed by atoms with Gasteiger partial charge >= 0.3 is 227 Å². The summed E-state index contributed by atoms with van der Waals surface area (Å²) in [5.41, 5.74) is 0. The normalized spacial score (nSPS) is 10.9. The number of rotatable bonds is 15. The van der Waals surface area contributed by atoms with Crippen LogP contribution >= 0.6 is 62.2 Å². The van der Waals surface area contributed by atoms with Crippen LogP contribution in [0.5, 0.6) is 0 Å². The zero-order valence-corrected chi connectivity index (χ0v) is 28.6. The van der Waals surface area contributed by atoms with Crippen LogP contribution in [0.1, 0.15) is 80.1 Å². The van der Waals surface area contributed by atoms with Gasteiger partial charge in [0.25, 0.3) is 0 Å². The van der Waals surface area contributed by atoms with Crippen LogP contribution in [0.15, 0.2) is 0 Å². The molecule has 182 valence electrons. The fourth-order valence-electron chi connectivity index (χ4n) is 2.92. The molecule has 0 fully saturated rings. The molecule has 0 bridgehead atoms. The predicted octanol–water partition coefficient (Wildman–Crippen LogP) is 7.39. The van der Waals surface area contributed by atoms with Gasteiger partial charge in [-0.3, -0.25) is 0 Å². The molecule has 0 saturated carbocycles. The van der Waals surface area contributed by atoms with Crippen LogP contribution in [-0.2, 0) is 0 Å². The van der Waals surface area contributed by atoms with E-state index < -0.39 is 17.4 Å². The fraction of sp³-hybridized carbons (Fsp3) is 0.857. The van der Waals surface area contributed by atoms with E-state index in [1.165, 1.54) is 0 Å². The third-order valence-electron chi connectivity index (χ3n) is 4.19. The Hall–Kier alpha value is 1.60. The first-order valence-electron chi connectivity index (χ1n) is 11.6. The zero-order valence-electron chi connectivity index (χ0n) is 20.2. The Balaban J connectivity index is 5.45. The van der Waals surface area contributed by atoms with E-state index in [4.69, 9.17) is 36.7 Å². The molecule has 0 atom stereocenters. The number of hydrogen-bond donors (Lipinski definition) is 0. The van der Waals surface area contributed by atoms with Crippen molar-refractivity contribution in [3.8, 4) is 0 Å². The maximum absolute atomic E-state index is 5.92. The number of thiocarbonyl (C=S) groups is 3. The summed E-state index contributed by atoms with van der Waals surface area (Å²) >= 11 is 15.5. The topological polar surface area (TPSA) is 9.72 Å². The van der Waals surface area contributed by atoms with E-state index >= 15 is 0 Å². The van der Waals surface area contributed by atoms with Crippen LogP contribution in [0.2, 0.25) is 0 Å². The molecular formula is C21H42BiN3S6. The molecule has 0 saturated heterocycles. The van der Waals surface area contributed by atoms with Gasteiger partial charge in [0.1, 0.15) is 0 Å². The van der Waals surface area contributed by atoms with Crippen LogP contribution in [0.3, 0.4) is 0 Å². The number of hydrogen-bond acceptors (Lipinski definition) is 6. The summed E-state index contributed by atoms with van der Waals surface area (Å²) < 4.78 is 3.17. The Kier molecular flexibility index (Phi) is 22.0.